The van der Waals surface area contributed by atoms with Gasteiger partial charge < -0.3 is 5.11 Å². The molecule has 0 aliphatic carbocycles. The van der Waals surface area contributed by atoms with Gasteiger partial charge in [0.2, 0.25) is 0 Å². The van der Waals surface area contributed by atoms with Crippen molar-refractivity contribution in [1.82, 2.24) is 4.98 Å². The maximum atomic E-state index is 10.8. The molecular weight excluding hydrogens is 262 g/mol. The number of carbonyl (C=O) groups is 1. The summed E-state index contributed by atoms with van der Waals surface area (Å²) in [6.45, 7) is 3.90. The number of thioether (sulfide) groups is 2. The van der Waals surface area contributed by atoms with E-state index in [1.54, 1.807) is 18.7 Å². The van der Waals surface area contributed by atoms with E-state index >= 15 is 0 Å². The van der Waals surface area contributed by atoms with Gasteiger partial charge in [0, 0.05) is 5.75 Å². The fraction of sp³-hybridized carbons (Fsp3) is 0.600. The third-order valence-electron chi connectivity index (χ3n) is 1.83. The van der Waals surface area contributed by atoms with Crippen molar-refractivity contribution in [2.45, 2.75) is 24.6 Å². The van der Waals surface area contributed by atoms with Crippen LogP contribution in [0.15, 0.2) is 4.34 Å². The van der Waals surface area contributed by atoms with Gasteiger partial charge in [-0.25, -0.2) is 9.78 Å². The Morgan fingerprint density at radius 3 is 2.81 bits per heavy atom. The van der Waals surface area contributed by atoms with Gasteiger partial charge in [-0.3, -0.25) is 0 Å². The quantitative estimate of drug-likeness (QED) is 0.611. The lowest BCUT2D eigenvalue weighted by atomic mass is 10.4. The number of carboxylic acid groups (broad SMARTS) is 1. The summed E-state index contributed by atoms with van der Waals surface area (Å²) in [5, 5.41) is 8.88. The summed E-state index contributed by atoms with van der Waals surface area (Å²) in [6.07, 6.45) is 1.14. The van der Waals surface area contributed by atoms with Crippen LogP contribution in [-0.2, 0) is 0 Å². The van der Waals surface area contributed by atoms with Crippen LogP contribution in [0, 0.1) is 6.92 Å². The van der Waals surface area contributed by atoms with E-state index in [-0.39, 0.29) is 0 Å². The van der Waals surface area contributed by atoms with Crippen LogP contribution in [0.1, 0.15) is 28.7 Å². The van der Waals surface area contributed by atoms with Gasteiger partial charge in [-0.05, 0) is 24.9 Å². The zero-order valence-corrected chi connectivity index (χ0v) is 11.8. The molecule has 3 nitrogen and oxygen atoms in total. The van der Waals surface area contributed by atoms with Gasteiger partial charge in [-0.15, -0.1) is 11.3 Å². The summed E-state index contributed by atoms with van der Waals surface area (Å²) in [7, 11) is 0. The third-order valence-corrected chi connectivity index (χ3v) is 5.19. The van der Waals surface area contributed by atoms with Gasteiger partial charge in [-0.1, -0.05) is 18.7 Å². The van der Waals surface area contributed by atoms with Crippen molar-refractivity contribution in [3.8, 4) is 0 Å². The summed E-state index contributed by atoms with van der Waals surface area (Å²) in [6, 6.07) is 0. The van der Waals surface area contributed by atoms with Gasteiger partial charge in [-0.2, -0.15) is 11.8 Å². The van der Waals surface area contributed by atoms with Crippen LogP contribution in [0.25, 0.3) is 0 Å². The van der Waals surface area contributed by atoms with E-state index in [0.717, 1.165) is 22.3 Å². The molecule has 1 heterocycles. The number of nitrogens with zero attached hydrogens (tertiary/aromatic N) is 1. The van der Waals surface area contributed by atoms with E-state index in [2.05, 4.69) is 11.9 Å². The van der Waals surface area contributed by atoms with Crippen molar-refractivity contribution < 1.29 is 9.90 Å². The number of aromatic carboxylic acids is 1. The second kappa shape index (κ2) is 7.19. The summed E-state index contributed by atoms with van der Waals surface area (Å²) >= 11 is 4.86. The van der Waals surface area contributed by atoms with Crippen LogP contribution in [0.2, 0.25) is 0 Å². The molecule has 0 bridgehead atoms. The first-order valence-electron chi connectivity index (χ1n) is 5.06. The molecule has 0 spiro atoms. The number of carboxylic acids is 1. The standard InChI is InChI=1S/C10H15NO2S3/c1-3-14-5-4-6-15-10-11-7(2)8(16-10)9(12)13/h3-6H2,1-2H3,(H,12,13). The van der Waals surface area contributed by atoms with Crippen molar-refractivity contribution in [2.75, 3.05) is 17.3 Å². The lowest BCUT2D eigenvalue weighted by Crippen LogP contribution is -1.94. The van der Waals surface area contributed by atoms with Gasteiger partial charge in [0.25, 0.3) is 0 Å². The number of hydrogen-bond donors (Lipinski definition) is 1. The molecular formula is C10H15NO2S3. The minimum absolute atomic E-state index is 0.366. The highest BCUT2D eigenvalue weighted by molar-refractivity contribution is 8.01. The first kappa shape index (κ1) is 13.9. The molecule has 0 atom stereocenters. The van der Waals surface area contributed by atoms with E-state index in [9.17, 15) is 4.79 Å². The van der Waals surface area contributed by atoms with Crippen molar-refractivity contribution in [2.24, 2.45) is 0 Å². The molecule has 0 saturated heterocycles. The molecule has 0 saturated carbocycles. The lowest BCUT2D eigenvalue weighted by molar-refractivity contribution is 0.0701. The van der Waals surface area contributed by atoms with E-state index < -0.39 is 5.97 Å². The number of thiazole rings is 1. The molecule has 1 rings (SSSR count). The van der Waals surface area contributed by atoms with E-state index in [0.29, 0.717) is 10.6 Å². The molecule has 0 aliphatic heterocycles. The number of rotatable bonds is 7. The second-order valence-electron chi connectivity index (χ2n) is 3.10. The highest BCUT2D eigenvalue weighted by atomic mass is 32.2. The van der Waals surface area contributed by atoms with E-state index in [1.165, 1.54) is 17.1 Å². The Balaban J connectivity index is 2.37. The molecule has 1 aromatic heterocycles. The fourth-order valence-electron chi connectivity index (χ4n) is 1.10. The second-order valence-corrected chi connectivity index (χ2v) is 6.83. The Kier molecular flexibility index (Phi) is 6.23. The van der Waals surface area contributed by atoms with Crippen molar-refractivity contribution in [3.05, 3.63) is 10.6 Å². The predicted octanol–water partition coefficient (Wildman–Crippen LogP) is 3.39. The Morgan fingerprint density at radius 2 is 2.25 bits per heavy atom. The number of aryl methyl sites for hydroxylation is 1. The Bertz CT molecular complexity index is 352. The Labute approximate surface area is 108 Å². The minimum Gasteiger partial charge on any atom is -0.477 e. The van der Waals surface area contributed by atoms with Crippen molar-refractivity contribution in [1.29, 1.82) is 0 Å². The molecule has 0 fully saturated rings. The largest absolute Gasteiger partial charge is 0.477 e. The molecule has 16 heavy (non-hydrogen) atoms. The highest BCUT2D eigenvalue weighted by Crippen LogP contribution is 2.27. The Hall–Kier alpha value is -0.200. The van der Waals surface area contributed by atoms with Crippen molar-refractivity contribution >= 4 is 40.8 Å². The van der Waals surface area contributed by atoms with Crippen LogP contribution in [0.4, 0.5) is 0 Å². The maximum absolute atomic E-state index is 10.8. The van der Waals surface area contributed by atoms with Gasteiger partial charge >= 0.3 is 5.97 Å². The van der Waals surface area contributed by atoms with Gasteiger partial charge in [0.05, 0.1) is 5.69 Å². The molecule has 6 heteroatoms. The SMILES string of the molecule is CCSCCCSc1nc(C)c(C(=O)O)s1. The van der Waals surface area contributed by atoms with Gasteiger partial charge in [0.1, 0.15) is 4.88 Å². The van der Waals surface area contributed by atoms with Crippen LogP contribution >= 0.6 is 34.9 Å². The summed E-state index contributed by atoms with van der Waals surface area (Å²) in [4.78, 5) is 15.4. The first-order chi connectivity index (χ1) is 7.65. The molecule has 0 unspecified atom stereocenters. The molecule has 0 amide bonds. The van der Waals surface area contributed by atoms with Crippen LogP contribution in [0.5, 0.6) is 0 Å². The Morgan fingerprint density at radius 1 is 1.50 bits per heavy atom. The molecule has 1 N–H and O–H groups in total. The van der Waals surface area contributed by atoms with Crippen LogP contribution in [-0.4, -0.2) is 33.3 Å². The monoisotopic (exact) mass is 277 g/mol. The summed E-state index contributed by atoms with van der Waals surface area (Å²) in [5.74, 6) is 2.46. The minimum atomic E-state index is -0.872. The average Bonchev–Trinajstić information content (AvgIpc) is 2.59. The molecule has 90 valence electrons. The lowest BCUT2D eigenvalue weighted by Gasteiger charge is -1.96. The number of hydrogen-bond acceptors (Lipinski definition) is 5. The summed E-state index contributed by atoms with van der Waals surface area (Å²) < 4.78 is 0.872. The zero-order valence-electron chi connectivity index (χ0n) is 9.36. The summed E-state index contributed by atoms with van der Waals surface area (Å²) in [5.41, 5.74) is 0.628. The average molecular weight is 277 g/mol. The topological polar surface area (TPSA) is 50.2 Å². The van der Waals surface area contributed by atoms with Crippen LogP contribution in [0.3, 0.4) is 0 Å². The van der Waals surface area contributed by atoms with Crippen LogP contribution < -0.4 is 0 Å². The molecule has 0 aromatic carbocycles. The van der Waals surface area contributed by atoms with E-state index in [4.69, 9.17) is 5.11 Å². The normalized spacial score (nSPS) is 10.6. The number of aromatic nitrogens is 1. The van der Waals surface area contributed by atoms with Crippen molar-refractivity contribution in [3.63, 3.8) is 0 Å². The highest BCUT2D eigenvalue weighted by Gasteiger charge is 2.13. The molecule has 0 radical (unpaired) electrons. The first-order valence-corrected chi connectivity index (χ1v) is 8.02. The molecule has 1 aromatic rings. The zero-order chi connectivity index (χ0) is 12.0. The maximum Gasteiger partial charge on any atom is 0.347 e. The third kappa shape index (κ3) is 4.35. The molecule has 0 aliphatic rings. The fourth-order valence-corrected chi connectivity index (χ4v) is 3.95. The van der Waals surface area contributed by atoms with E-state index in [1.807, 2.05) is 11.8 Å². The smallest absolute Gasteiger partial charge is 0.347 e. The predicted molar refractivity (Wildman–Crippen MR) is 72.2 cm³/mol. The van der Waals surface area contributed by atoms with Gasteiger partial charge in [0.15, 0.2) is 4.34 Å².